The van der Waals surface area contributed by atoms with Gasteiger partial charge in [0.2, 0.25) is 10.0 Å². The summed E-state index contributed by atoms with van der Waals surface area (Å²) in [6, 6.07) is 7.34. The van der Waals surface area contributed by atoms with Crippen molar-refractivity contribution in [1.82, 2.24) is 5.32 Å². The number of sulfonamides is 1. The van der Waals surface area contributed by atoms with Crippen molar-refractivity contribution in [3.63, 3.8) is 0 Å². The van der Waals surface area contributed by atoms with Crippen LogP contribution in [0.2, 0.25) is 0 Å². The minimum atomic E-state index is -3.70. The summed E-state index contributed by atoms with van der Waals surface area (Å²) in [5.41, 5.74) is 0.727. The molecule has 1 aliphatic heterocycles. The third-order valence-corrected chi connectivity index (χ3v) is 4.62. The van der Waals surface area contributed by atoms with Gasteiger partial charge in [0, 0.05) is 19.1 Å². The first-order valence-electron chi connectivity index (χ1n) is 7.13. The third-order valence-electron chi connectivity index (χ3n) is 3.66. The molecule has 0 aliphatic carbocycles. The largest absolute Gasteiger partial charge is 0.366 e. The number of para-hydroxylation sites is 1. The maximum absolute atomic E-state index is 11.8. The highest BCUT2D eigenvalue weighted by atomic mass is 32.2. The fraction of sp³-hybridized carbons (Fsp3) is 0.571. The molecule has 0 amide bonds. The molecular formula is C14H23N3O2S. The van der Waals surface area contributed by atoms with Crippen LogP contribution in [0.5, 0.6) is 0 Å². The molecule has 1 aliphatic rings. The van der Waals surface area contributed by atoms with Gasteiger partial charge in [-0.1, -0.05) is 19.1 Å². The predicted octanol–water partition coefficient (Wildman–Crippen LogP) is 1.30. The first-order valence-corrected chi connectivity index (χ1v) is 8.68. The molecule has 5 nitrogen and oxygen atoms in total. The normalized spacial score (nSPS) is 19.8. The Morgan fingerprint density at radius 1 is 1.40 bits per heavy atom. The lowest BCUT2D eigenvalue weighted by atomic mass is 10.0. The monoisotopic (exact) mass is 297 g/mol. The number of nitrogens with two attached hydrogens (primary N) is 1. The van der Waals surface area contributed by atoms with Gasteiger partial charge in [0.1, 0.15) is 4.90 Å². The molecule has 2 rings (SSSR count). The third kappa shape index (κ3) is 3.50. The van der Waals surface area contributed by atoms with Crippen LogP contribution in [0.15, 0.2) is 29.2 Å². The second-order valence-electron chi connectivity index (χ2n) is 5.21. The minimum absolute atomic E-state index is 0.221. The molecule has 1 saturated heterocycles. The van der Waals surface area contributed by atoms with Gasteiger partial charge in [-0.2, -0.15) is 0 Å². The molecular weight excluding hydrogens is 274 g/mol. The second-order valence-corrected chi connectivity index (χ2v) is 6.74. The average molecular weight is 297 g/mol. The molecule has 1 atom stereocenters. The van der Waals surface area contributed by atoms with Crippen LogP contribution in [0.3, 0.4) is 0 Å². The number of nitrogens with one attached hydrogen (secondary N) is 1. The van der Waals surface area contributed by atoms with Gasteiger partial charge in [0.25, 0.3) is 0 Å². The van der Waals surface area contributed by atoms with Gasteiger partial charge in [-0.15, -0.1) is 0 Å². The van der Waals surface area contributed by atoms with Crippen LogP contribution in [0.1, 0.15) is 26.2 Å². The lowest BCUT2D eigenvalue weighted by Crippen LogP contribution is -2.47. The van der Waals surface area contributed by atoms with Crippen LogP contribution in [0.4, 0.5) is 5.69 Å². The van der Waals surface area contributed by atoms with Gasteiger partial charge in [-0.25, -0.2) is 13.6 Å². The van der Waals surface area contributed by atoms with Gasteiger partial charge >= 0.3 is 0 Å². The highest BCUT2D eigenvalue weighted by molar-refractivity contribution is 7.89. The summed E-state index contributed by atoms with van der Waals surface area (Å²) in [5, 5.41) is 8.73. The average Bonchev–Trinajstić information content (AvgIpc) is 2.45. The highest BCUT2D eigenvalue weighted by Crippen LogP contribution is 2.27. The van der Waals surface area contributed by atoms with Crippen molar-refractivity contribution in [2.24, 2.45) is 5.14 Å². The topological polar surface area (TPSA) is 75.4 Å². The van der Waals surface area contributed by atoms with Crippen LogP contribution in [-0.4, -0.2) is 34.1 Å². The van der Waals surface area contributed by atoms with Crippen molar-refractivity contribution < 1.29 is 8.42 Å². The van der Waals surface area contributed by atoms with E-state index in [9.17, 15) is 8.42 Å². The molecule has 0 bridgehead atoms. The Balaban J connectivity index is 2.38. The van der Waals surface area contributed by atoms with Crippen molar-refractivity contribution in [2.45, 2.75) is 37.1 Å². The number of benzene rings is 1. The minimum Gasteiger partial charge on any atom is -0.366 e. The molecule has 1 heterocycles. The molecule has 0 aromatic heterocycles. The maximum atomic E-state index is 11.8. The van der Waals surface area contributed by atoms with Gasteiger partial charge in [-0.3, -0.25) is 0 Å². The lowest BCUT2D eigenvalue weighted by molar-refractivity contribution is 0.429. The zero-order valence-corrected chi connectivity index (χ0v) is 12.7. The van der Waals surface area contributed by atoms with E-state index in [0.29, 0.717) is 6.04 Å². The van der Waals surface area contributed by atoms with Gasteiger partial charge in [0.05, 0.1) is 5.69 Å². The summed E-state index contributed by atoms with van der Waals surface area (Å²) in [5.74, 6) is 0. The molecule has 0 spiro atoms. The Hall–Kier alpha value is -1.11. The number of piperidine rings is 1. The Morgan fingerprint density at radius 2 is 2.15 bits per heavy atom. The van der Waals surface area contributed by atoms with Crippen LogP contribution < -0.4 is 15.4 Å². The van der Waals surface area contributed by atoms with Crippen molar-refractivity contribution in [3.05, 3.63) is 24.3 Å². The second kappa shape index (κ2) is 6.56. The summed E-state index contributed by atoms with van der Waals surface area (Å²) in [6.45, 7) is 4.86. The van der Waals surface area contributed by atoms with Crippen molar-refractivity contribution in [1.29, 1.82) is 0 Å². The summed E-state index contributed by atoms with van der Waals surface area (Å²) in [7, 11) is -3.70. The number of hydrogen-bond acceptors (Lipinski definition) is 4. The zero-order chi connectivity index (χ0) is 14.6. The van der Waals surface area contributed by atoms with E-state index in [2.05, 4.69) is 17.1 Å². The van der Waals surface area contributed by atoms with E-state index in [1.54, 1.807) is 12.1 Å². The lowest BCUT2D eigenvalue weighted by Gasteiger charge is -2.37. The van der Waals surface area contributed by atoms with Crippen LogP contribution in [0.25, 0.3) is 0 Å². The predicted molar refractivity (Wildman–Crippen MR) is 81.3 cm³/mol. The van der Waals surface area contributed by atoms with Crippen LogP contribution >= 0.6 is 0 Å². The van der Waals surface area contributed by atoms with Gasteiger partial charge < -0.3 is 10.2 Å². The first kappa shape index (κ1) is 15.3. The molecule has 112 valence electrons. The molecule has 20 heavy (non-hydrogen) atoms. The van der Waals surface area contributed by atoms with Crippen molar-refractivity contribution >= 4 is 15.7 Å². The van der Waals surface area contributed by atoms with E-state index in [1.807, 2.05) is 12.1 Å². The highest BCUT2D eigenvalue weighted by Gasteiger charge is 2.25. The Labute approximate surface area is 121 Å². The number of rotatable bonds is 5. The van der Waals surface area contributed by atoms with Crippen molar-refractivity contribution in [3.8, 4) is 0 Å². The van der Waals surface area contributed by atoms with Crippen LogP contribution in [-0.2, 0) is 10.0 Å². The fourth-order valence-corrected chi connectivity index (χ4v) is 3.52. The zero-order valence-electron chi connectivity index (χ0n) is 11.9. The maximum Gasteiger partial charge on any atom is 0.240 e. The van der Waals surface area contributed by atoms with E-state index >= 15 is 0 Å². The number of nitrogens with zero attached hydrogens (tertiary/aromatic N) is 1. The SMILES string of the molecule is CCCN(c1ccccc1S(N)(=O)=O)C1CCCNC1. The van der Waals surface area contributed by atoms with Gasteiger partial charge in [0.15, 0.2) is 0 Å². The van der Waals surface area contributed by atoms with Gasteiger partial charge in [-0.05, 0) is 37.9 Å². The van der Waals surface area contributed by atoms with E-state index in [4.69, 9.17) is 5.14 Å². The Kier molecular flexibility index (Phi) is 5.01. The summed E-state index contributed by atoms with van der Waals surface area (Å²) < 4.78 is 23.6. The van der Waals surface area contributed by atoms with E-state index in [-0.39, 0.29) is 4.90 Å². The quantitative estimate of drug-likeness (QED) is 0.859. The standard InChI is InChI=1S/C14H23N3O2S/c1-2-10-17(12-6-5-9-16-11-12)13-7-3-4-8-14(13)20(15,18)19/h3-4,7-8,12,16H,2,5-6,9-11H2,1H3,(H2,15,18,19). The Bertz CT molecular complexity index is 539. The molecule has 1 aromatic carbocycles. The molecule has 3 N–H and O–H groups in total. The smallest absolute Gasteiger partial charge is 0.240 e. The van der Waals surface area contributed by atoms with E-state index < -0.39 is 10.0 Å². The Morgan fingerprint density at radius 3 is 2.75 bits per heavy atom. The summed E-state index contributed by atoms with van der Waals surface area (Å²) >= 11 is 0. The molecule has 0 radical (unpaired) electrons. The number of anilines is 1. The fourth-order valence-electron chi connectivity index (χ4n) is 2.78. The van der Waals surface area contributed by atoms with E-state index in [0.717, 1.165) is 44.6 Å². The summed E-state index contributed by atoms with van der Waals surface area (Å²) in [4.78, 5) is 2.41. The van der Waals surface area contributed by atoms with Crippen LogP contribution in [0, 0.1) is 0 Å². The number of primary sulfonamides is 1. The van der Waals surface area contributed by atoms with E-state index in [1.165, 1.54) is 0 Å². The molecule has 0 saturated carbocycles. The molecule has 6 heteroatoms. The molecule has 1 fully saturated rings. The summed E-state index contributed by atoms with van der Waals surface area (Å²) in [6.07, 6.45) is 3.16. The number of hydrogen-bond donors (Lipinski definition) is 2. The molecule has 1 unspecified atom stereocenters. The first-order chi connectivity index (χ1) is 9.54. The molecule has 1 aromatic rings. The van der Waals surface area contributed by atoms with Crippen molar-refractivity contribution in [2.75, 3.05) is 24.5 Å².